The van der Waals surface area contributed by atoms with E-state index >= 15 is 0 Å². The molecule has 0 radical (unpaired) electrons. The molecule has 0 fully saturated rings. The van der Waals surface area contributed by atoms with Crippen LogP contribution in [0, 0.1) is 0 Å². The highest BCUT2D eigenvalue weighted by Gasteiger charge is 2.11. The number of nitrogens with two attached hydrogens (primary N) is 1. The van der Waals surface area contributed by atoms with Crippen molar-refractivity contribution < 1.29 is 9.59 Å². The summed E-state index contributed by atoms with van der Waals surface area (Å²) >= 11 is 3.34. The van der Waals surface area contributed by atoms with Gasteiger partial charge in [0.2, 0.25) is 0 Å². The molecule has 0 aliphatic rings. The van der Waals surface area contributed by atoms with E-state index in [1.165, 1.54) is 0 Å². The number of amides is 3. The molecule has 0 aromatic heterocycles. The van der Waals surface area contributed by atoms with Crippen LogP contribution in [0.5, 0.6) is 0 Å². The van der Waals surface area contributed by atoms with E-state index in [0.717, 1.165) is 10.0 Å². The second kappa shape index (κ2) is 7.09. The van der Waals surface area contributed by atoms with Gasteiger partial charge in [0, 0.05) is 15.7 Å². The van der Waals surface area contributed by atoms with Crippen LogP contribution in [0.25, 0.3) is 0 Å². The molecule has 0 bridgehead atoms. The molecule has 2 rings (SSSR count). The Hall–Kier alpha value is -2.34. The first-order valence-corrected chi connectivity index (χ1v) is 7.48. The zero-order valence-electron chi connectivity index (χ0n) is 12.0. The minimum Gasteiger partial charge on any atom is -0.351 e. The smallest absolute Gasteiger partial charge is 0.316 e. The average Bonchev–Trinajstić information content (AvgIpc) is 2.47. The van der Waals surface area contributed by atoms with Gasteiger partial charge >= 0.3 is 6.03 Å². The monoisotopic (exact) mass is 361 g/mol. The average molecular weight is 362 g/mol. The summed E-state index contributed by atoms with van der Waals surface area (Å²) in [4.78, 5) is 23.0. The van der Waals surface area contributed by atoms with Gasteiger partial charge in [-0.25, -0.2) is 4.79 Å². The van der Waals surface area contributed by atoms with Crippen molar-refractivity contribution in [3.05, 3.63) is 64.1 Å². The number of hydrogen-bond acceptors (Lipinski definition) is 2. The summed E-state index contributed by atoms with van der Waals surface area (Å²) in [6.07, 6.45) is 0. The number of benzene rings is 2. The molecular weight excluding hydrogens is 346 g/mol. The van der Waals surface area contributed by atoms with Gasteiger partial charge in [0.15, 0.2) is 0 Å². The number of anilines is 1. The first-order chi connectivity index (χ1) is 10.5. The highest BCUT2D eigenvalue weighted by atomic mass is 79.9. The predicted molar refractivity (Wildman–Crippen MR) is 89.7 cm³/mol. The van der Waals surface area contributed by atoms with E-state index in [1.54, 1.807) is 24.3 Å². The number of halogens is 1. The van der Waals surface area contributed by atoms with Crippen molar-refractivity contribution in [1.82, 2.24) is 5.32 Å². The Bertz CT molecular complexity index is 686. The zero-order valence-corrected chi connectivity index (χ0v) is 13.6. The van der Waals surface area contributed by atoms with Crippen molar-refractivity contribution in [2.24, 2.45) is 5.73 Å². The predicted octanol–water partition coefficient (Wildman–Crippen LogP) is 3.43. The van der Waals surface area contributed by atoms with Crippen LogP contribution in [0.1, 0.15) is 28.9 Å². The highest BCUT2D eigenvalue weighted by Crippen LogP contribution is 2.17. The molecule has 6 heteroatoms. The number of carbonyl (C=O) groups excluding carboxylic acids is 2. The Kier molecular flexibility index (Phi) is 5.16. The molecule has 2 aromatic rings. The minimum atomic E-state index is -0.608. The molecule has 0 spiro atoms. The molecule has 1 atom stereocenters. The third-order valence-corrected chi connectivity index (χ3v) is 3.61. The Morgan fingerprint density at radius 2 is 1.82 bits per heavy atom. The van der Waals surface area contributed by atoms with E-state index < -0.39 is 6.03 Å². The summed E-state index contributed by atoms with van der Waals surface area (Å²) in [5.41, 5.74) is 7.19. The van der Waals surface area contributed by atoms with Gasteiger partial charge in [-0.3, -0.25) is 4.79 Å². The van der Waals surface area contributed by atoms with Crippen LogP contribution in [0.2, 0.25) is 0 Å². The molecule has 0 heterocycles. The molecule has 4 N–H and O–H groups in total. The van der Waals surface area contributed by atoms with Gasteiger partial charge in [0.05, 0.1) is 6.04 Å². The van der Waals surface area contributed by atoms with E-state index in [0.29, 0.717) is 11.3 Å². The first kappa shape index (κ1) is 16.0. The van der Waals surface area contributed by atoms with Crippen molar-refractivity contribution in [3.63, 3.8) is 0 Å². The molecule has 5 nitrogen and oxygen atoms in total. The van der Waals surface area contributed by atoms with Crippen LogP contribution in [0.3, 0.4) is 0 Å². The first-order valence-electron chi connectivity index (χ1n) is 6.68. The van der Waals surface area contributed by atoms with Gasteiger partial charge in [-0.1, -0.05) is 34.1 Å². The third kappa shape index (κ3) is 4.33. The number of carbonyl (C=O) groups is 2. The standard InChI is InChI=1S/C16H16BrN3O2/c1-10(11-5-7-14(8-6-11)20-16(18)22)19-15(21)12-3-2-4-13(17)9-12/h2-10H,1H3,(H,19,21)(H3,18,20,22). The Morgan fingerprint density at radius 1 is 1.14 bits per heavy atom. The second-order valence-corrected chi connectivity index (χ2v) is 5.73. The number of primary amides is 1. The zero-order chi connectivity index (χ0) is 16.1. The fourth-order valence-electron chi connectivity index (χ4n) is 1.99. The van der Waals surface area contributed by atoms with Crippen molar-refractivity contribution >= 4 is 33.6 Å². The van der Waals surface area contributed by atoms with Crippen LogP contribution < -0.4 is 16.4 Å². The van der Waals surface area contributed by atoms with Crippen LogP contribution in [0.15, 0.2) is 53.0 Å². The van der Waals surface area contributed by atoms with Crippen LogP contribution in [-0.4, -0.2) is 11.9 Å². The van der Waals surface area contributed by atoms with Crippen LogP contribution in [0.4, 0.5) is 10.5 Å². The van der Waals surface area contributed by atoms with E-state index in [1.807, 2.05) is 31.2 Å². The van der Waals surface area contributed by atoms with Crippen molar-refractivity contribution in [1.29, 1.82) is 0 Å². The summed E-state index contributed by atoms with van der Waals surface area (Å²) in [5.74, 6) is -0.145. The van der Waals surface area contributed by atoms with E-state index in [9.17, 15) is 9.59 Å². The maximum atomic E-state index is 12.2. The lowest BCUT2D eigenvalue weighted by atomic mass is 10.1. The van der Waals surface area contributed by atoms with Gasteiger partial charge in [-0.2, -0.15) is 0 Å². The number of urea groups is 1. The lowest BCUT2D eigenvalue weighted by molar-refractivity contribution is 0.0940. The lowest BCUT2D eigenvalue weighted by Crippen LogP contribution is -2.26. The quantitative estimate of drug-likeness (QED) is 0.779. The molecule has 22 heavy (non-hydrogen) atoms. The normalized spacial score (nSPS) is 11.5. The number of hydrogen-bond donors (Lipinski definition) is 3. The molecule has 0 aliphatic carbocycles. The minimum absolute atomic E-state index is 0.145. The van der Waals surface area contributed by atoms with Gasteiger partial charge in [-0.15, -0.1) is 0 Å². The molecule has 1 unspecified atom stereocenters. The Morgan fingerprint density at radius 3 is 2.41 bits per heavy atom. The molecule has 2 aromatic carbocycles. The fraction of sp³-hybridized carbons (Fsp3) is 0.125. The van der Waals surface area contributed by atoms with Gasteiger partial charge in [0.1, 0.15) is 0 Å². The van der Waals surface area contributed by atoms with Crippen molar-refractivity contribution in [2.75, 3.05) is 5.32 Å². The summed E-state index contributed by atoms with van der Waals surface area (Å²) in [6.45, 7) is 1.90. The molecule has 3 amide bonds. The van der Waals surface area contributed by atoms with Crippen LogP contribution in [-0.2, 0) is 0 Å². The maximum Gasteiger partial charge on any atom is 0.316 e. The van der Waals surface area contributed by atoms with E-state index in [-0.39, 0.29) is 11.9 Å². The van der Waals surface area contributed by atoms with Gasteiger partial charge in [0.25, 0.3) is 5.91 Å². The molecule has 0 saturated heterocycles. The highest BCUT2D eigenvalue weighted by molar-refractivity contribution is 9.10. The van der Waals surface area contributed by atoms with E-state index in [4.69, 9.17) is 5.73 Å². The largest absolute Gasteiger partial charge is 0.351 e. The fourth-order valence-corrected chi connectivity index (χ4v) is 2.39. The topological polar surface area (TPSA) is 84.2 Å². The summed E-state index contributed by atoms with van der Waals surface area (Å²) in [5, 5.41) is 5.42. The van der Waals surface area contributed by atoms with Crippen molar-refractivity contribution in [2.45, 2.75) is 13.0 Å². The molecule has 114 valence electrons. The van der Waals surface area contributed by atoms with Gasteiger partial charge in [-0.05, 0) is 42.8 Å². The number of rotatable bonds is 4. The molecule has 0 aliphatic heterocycles. The SMILES string of the molecule is CC(NC(=O)c1cccc(Br)c1)c1ccc(NC(N)=O)cc1. The van der Waals surface area contributed by atoms with Crippen molar-refractivity contribution in [3.8, 4) is 0 Å². The third-order valence-electron chi connectivity index (χ3n) is 3.11. The Balaban J connectivity index is 2.03. The second-order valence-electron chi connectivity index (χ2n) is 4.82. The lowest BCUT2D eigenvalue weighted by Gasteiger charge is -2.15. The molecule has 0 saturated carbocycles. The number of nitrogens with one attached hydrogen (secondary N) is 2. The molecular formula is C16H16BrN3O2. The summed E-state index contributed by atoms with van der Waals surface area (Å²) in [6, 6.07) is 13.6. The Labute approximate surface area is 137 Å². The van der Waals surface area contributed by atoms with E-state index in [2.05, 4.69) is 26.6 Å². The summed E-state index contributed by atoms with van der Waals surface area (Å²) in [7, 11) is 0. The van der Waals surface area contributed by atoms with Gasteiger partial charge < -0.3 is 16.4 Å². The maximum absolute atomic E-state index is 12.2. The van der Waals surface area contributed by atoms with Crippen LogP contribution >= 0.6 is 15.9 Å². The summed E-state index contributed by atoms with van der Waals surface area (Å²) < 4.78 is 0.856.